The lowest BCUT2D eigenvalue weighted by Crippen LogP contribution is -2.63. The highest BCUT2D eigenvalue weighted by atomic mass is 16.5. The molecule has 1 saturated heterocycles. The summed E-state index contributed by atoms with van der Waals surface area (Å²) in [5.41, 5.74) is 5.20. The molecular formula is C27H31N5O2. The van der Waals surface area contributed by atoms with Crippen molar-refractivity contribution in [3.63, 3.8) is 0 Å². The van der Waals surface area contributed by atoms with E-state index < -0.39 is 0 Å². The first-order valence-corrected chi connectivity index (χ1v) is 11.7. The maximum Gasteiger partial charge on any atom is 0.254 e. The maximum atomic E-state index is 12.8. The fraction of sp³-hybridized carbons (Fsp3) is 0.296. The number of carbonyl (C=O) groups excluding carboxylic acids is 1. The van der Waals surface area contributed by atoms with E-state index in [1.54, 1.807) is 6.20 Å². The molecule has 2 atom stereocenters. The van der Waals surface area contributed by atoms with E-state index in [1.165, 1.54) is 6.21 Å². The van der Waals surface area contributed by atoms with Crippen LogP contribution in [-0.4, -0.2) is 47.7 Å². The summed E-state index contributed by atoms with van der Waals surface area (Å²) in [6, 6.07) is 15.8. The van der Waals surface area contributed by atoms with Gasteiger partial charge in [0.15, 0.2) is 0 Å². The van der Waals surface area contributed by atoms with Gasteiger partial charge in [-0.25, -0.2) is 0 Å². The van der Waals surface area contributed by atoms with Crippen LogP contribution in [-0.2, 0) is 6.54 Å². The molecule has 176 valence electrons. The molecule has 3 aromatic rings. The Balaban J connectivity index is 0.00000133. The molecule has 0 radical (unpaired) electrons. The summed E-state index contributed by atoms with van der Waals surface area (Å²) in [4.78, 5) is 19.3. The first-order valence-electron chi connectivity index (χ1n) is 11.7. The lowest BCUT2D eigenvalue weighted by Gasteiger charge is -2.41. The first-order chi connectivity index (χ1) is 16.6. The molecule has 1 amide bonds. The summed E-state index contributed by atoms with van der Waals surface area (Å²) in [5, 5.41) is 13.9. The Hall–Kier alpha value is -3.71. The van der Waals surface area contributed by atoms with Gasteiger partial charge < -0.3 is 25.7 Å². The standard InChI is InChI=1S/C25H25N5O2.C2H6/c1-15-24(13-29-15)30-14-18-9-16(4-6-21(18)25(30)31)23-11-20(7-8-28-23)32-19-5-3-17(12-26)22(10-19)27-2;1-2/h3-12,15,24,26-27,29H,13-14H2,1-2H3;1-2H3/t15-,24-;/m0./s1. The van der Waals surface area contributed by atoms with Crippen LogP contribution in [0.25, 0.3) is 11.3 Å². The van der Waals surface area contributed by atoms with E-state index in [2.05, 4.69) is 28.6 Å². The molecule has 7 nitrogen and oxygen atoms in total. The lowest BCUT2D eigenvalue weighted by atomic mass is 10.0. The maximum absolute atomic E-state index is 12.8. The summed E-state index contributed by atoms with van der Waals surface area (Å²) >= 11 is 0. The monoisotopic (exact) mass is 457 g/mol. The van der Waals surface area contributed by atoms with Gasteiger partial charge in [-0.15, -0.1) is 0 Å². The fourth-order valence-corrected chi connectivity index (χ4v) is 4.32. The Labute approximate surface area is 200 Å². The molecule has 3 N–H and O–H groups in total. The van der Waals surface area contributed by atoms with Gasteiger partial charge in [-0.1, -0.05) is 19.9 Å². The summed E-state index contributed by atoms with van der Waals surface area (Å²) in [6.45, 7) is 7.61. The Morgan fingerprint density at radius 3 is 2.62 bits per heavy atom. The number of amides is 1. The molecule has 0 spiro atoms. The zero-order valence-electron chi connectivity index (χ0n) is 20.1. The molecule has 1 fully saturated rings. The molecule has 7 heteroatoms. The minimum atomic E-state index is 0.114. The van der Waals surface area contributed by atoms with Gasteiger partial charge in [0.1, 0.15) is 11.5 Å². The number of hydrogen-bond donors (Lipinski definition) is 3. The fourth-order valence-electron chi connectivity index (χ4n) is 4.32. The Bertz CT molecular complexity index is 1210. The number of anilines is 1. The van der Waals surface area contributed by atoms with Gasteiger partial charge in [0.2, 0.25) is 0 Å². The second-order valence-electron chi connectivity index (χ2n) is 8.19. The molecule has 2 aliphatic heterocycles. The van der Waals surface area contributed by atoms with Crippen LogP contribution in [0.1, 0.15) is 42.3 Å². The number of carbonyl (C=O) groups is 1. The van der Waals surface area contributed by atoms with E-state index >= 15 is 0 Å². The number of ether oxygens (including phenoxy) is 1. The minimum Gasteiger partial charge on any atom is -0.457 e. The van der Waals surface area contributed by atoms with E-state index in [-0.39, 0.29) is 11.9 Å². The molecule has 2 aromatic carbocycles. The molecule has 0 bridgehead atoms. The van der Waals surface area contributed by atoms with Crippen molar-refractivity contribution < 1.29 is 9.53 Å². The van der Waals surface area contributed by atoms with Gasteiger partial charge in [0.25, 0.3) is 5.91 Å². The van der Waals surface area contributed by atoms with Crippen molar-refractivity contribution >= 4 is 17.8 Å². The Morgan fingerprint density at radius 1 is 1.15 bits per heavy atom. The number of nitrogens with zero attached hydrogens (tertiary/aromatic N) is 2. The molecule has 0 unspecified atom stereocenters. The first kappa shape index (κ1) is 23.4. The molecule has 2 aliphatic rings. The third kappa shape index (κ3) is 4.39. The van der Waals surface area contributed by atoms with Crippen LogP contribution in [0.4, 0.5) is 5.69 Å². The molecule has 34 heavy (non-hydrogen) atoms. The van der Waals surface area contributed by atoms with Crippen molar-refractivity contribution in [1.82, 2.24) is 15.2 Å². The number of fused-ring (bicyclic) bond motifs is 1. The predicted octanol–water partition coefficient (Wildman–Crippen LogP) is 4.92. The third-order valence-electron chi connectivity index (χ3n) is 6.28. The van der Waals surface area contributed by atoms with Crippen molar-refractivity contribution in [1.29, 1.82) is 5.41 Å². The highest BCUT2D eigenvalue weighted by molar-refractivity contribution is 5.99. The Kier molecular flexibility index (Phi) is 6.93. The average molecular weight is 458 g/mol. The molecule has 0 aliphatic carbocycles. The average Bonchev–Trinajstić information content (AvgIpc) is 3.19. The van der Waals surface area contributed by atoms with Crippen LogP contribution < -0.4 is 15.4 Å². The van der Waals surface area contributed by atoms with Crippen LogP contribution in [0.2, 0.25) is 0 Å². The van der Waals surface area contributed by atoms with Crippen molar-refractivity contribution in [2.24, 2.45) is 0 Å². The zero-order chi connectivity index (χ0) is 24.2. The number of pyridine rings is 1. The van der Waals surface area contributed by atoms with E-state index in [0.717, 1.165) is 40.2 Å². The molecule has 0 saturated carbocycles. The number of nitrogens with one attached hydrogen (secondary N) is 3. The summed E-state index contributed by atoms with van der Waals surface area (Å²) in [7, 11) is 1.82. The van der Waals surface area contributed by atoms with Gasteiger partial charge in [-0.05, 0) is 42.8 Å². The van der Waals surface area contributed by atoms with Crippen molar-refractivity contribution in [3.8, 4) is 22.8 Å². The normalized spacial score (nSPS) is 18.4. The number of rotatable bonds is 6. The number of aromatic nitrogens is 1. The SMILES string of the molecule is CC.CNc1cc(Oc2ccnc(-c3ccc4c(c3)CN([C@H]3CN[C@H]3C)C4=O)c2)ccc1C=N. The van der Waals surface area contributed by atoms with E-state index in [4.69, 9.17) is 10.1 Å². The highest BCUT2D eigenvalue weighted by Gasteiger charge is 2.39. The second-order valence-corrected chi connectivity index (χ2v) is 8.19. The molecule has 5 rings (SSSR count). The predicted molar refractivity (Wildman–Crippen MR) is 136 cm³/mol. The molecule has 3 heterocycles. The summed E-state index contributed by atoms with van der Waals surface area (Å²) in [5.74, 6) is 1.46. The molecule has 1 aromatic heterocycles. The van der Waals surface area contributed by atoms with Gasteiger partial charge in [-0.2, -0.15) is 0 Å². The van der Waals surface area contributed by atoms with Gasteiger partial charge >= 0.3 is 0 Å². The summed E-state index contributed by atoms with van der Waals surface area (Å²) in [6.07, 6.45) is 3.03. The smallest absolute Gasteiger partial charge is 0.254 e. The minimum absolute atomic E-state index is 0.114. The van der Waals surface area contributed by atoms with Gasteiger partial charge in [0.05, 0.1) is 11.7 Å². The van der Waals surface area contributed by atoms with Gasteiger partial charge in [0, 0.05) is 73.1 Å². The van der Waals surface area contributed by atoms with Crippen LogP contribution in [0.5, 0.6) is 11.5 Å². The number of hydrogen-bond acceptors (Lipinski definition) is 6. The Morgan fingerprint density at radius 2 is 1.94 bits per heavy atom. The quantitative estimate of drug-likeness (QED) is 0.457. The highest BCUT2D eigenvalue weighted by Crippen LogP contribution is 2.33. The second kappa shape index (κ2) is 10.1. The van der Waals surface area contributed by atoms with E-state index in [9.17, 15) is 4.79 Å². The zero-order valence-corrected chi connectivity index (χ0v) is 20.1. The topological polar surface area (TPSA) is 90.3 Å². The largest absolute Gasteiger partial charge is 0.457 e. The van der Waals surface area contributed by atoms with Crippen LogP contribution in [0.3, 0.4) is 0 Å². The van der Waals surface area contributed by atoms with E-state index in [0.29, 0.717) is 24.1 Å². The third-order valence-corrected chi connectivity index (χ3v) is 6.28. The van der Waals surface area contributed by atoms with Gasteiger partial charge in [-0.3, -0.25) is 9.78 Å². The lowest BCUT2D eigenvalue weighted by molar-refractivity contribution is 0.0558. The number of benzene rings is 2. The molecular weight excluding hydrogens is 426 g/mol. The van der Waals surface area contributed by atoms with E-state index in [1.807, 2.05) is 68.3 Å². The van der Waals surface area contributed by atoms with Crippen molar-refractivity contribution in [3.05, 3.63) is 71.4 Å². The summed E-state index contributed by atoms with van der Waals surface area (Å²) < 4.78 is 6.05. The van der Waals surface area contributed by atoms with Crippen LogP contribution in [0, 0.1) is 5.41 Å². The van der Waals surface area contributed by atoms with Crippen molar-refractivity contribution in [2.75, 3.05) is 18.9 Å². The van der Waals surface area contributed by atoms with Crippen LogP contribution in [0.15, 0.2) is 54.7 Å². The van der Waals surface area contributed by atoms with Crippen molar-refractivity contribution in [2.45, 2.75) is 39.4 Å². The van der Waals surface area contributed by atoms with Crippen LogP contribution >= 0.6 is 0 Å².